The molecule has 0 saturated heterocycles. The van der Waals surface area contributed by atoms with Gasteiger partial charge in [0.25, 0.3) is 0 Å². The molecule has 5 nitrogen and oxygen atoms in total. The highest BCUT2D eigenvalue weighted by Crippen LogP contribution is 2.36. The van der Waals surface area contributed by atoms with Crippen molar-refractivity contribution >= 4 is 39.9 Å². The number of hydrogen-bond acceptors (Lipinski definition) is 5. The van der Waals surface area contributed by atoms with Crippen LogP contribution in [0.2, 0.25) is 5.02 Å². The van der Waals surface area contributed by atoms with E-state index in [1.165, 1.54) is 18.3 Å². The number of rotatable bonds is 3. The van der Waals surface area contributed by atoms with Gasteiger partial charge >= 0.3 is 12.1 Å². The van der Waals surface area contributed by atoms with Crippen LogP contribution in [-0.2, 0) is 6.18 Å². The van der Waals surface area contributed by atoms with Gasteiger partial charge in [0.15, 0.2) is 10.8 Å². The third-order valence-corrected chi connectivity index (χ3v) is 3.24. The molecule has 0 atom stereocenters. The summed E-state index contributed by atoms with van der Waals surface area (Å²) in [6, 6.07) is 2.86. The van der Waals surface area contributed by atoms with Crippen molar-refractivity contribution in [3.63, 3.8) is 0 Å². The summed E-state index contributed by atoms with van der Waals surface area (Å²) in [5, 5.41) is 11.3. The SMILES string of the molecule is O=C(O)c1sc(Nc2cc(Cl)ccn2)nc1C(F)(F)F. The lowest BCUT2D eigenvalue weighted by Crippen LogP contribution is -2.11. The van der Waals surface area contributed by atoms with E-state index in [1.807, 2.05) is 0 Å². The van der Waals surface area contributed by atoms with Crippen LogP contribution in [0, 0.1) is 0 Å². The summed E-state index contributed by atoms with van der Waals surface area (Å²) in [7, 11) is 0. The molecule has 0 amide bonds. The van der Waals surface area contributed by atoms with Gasteiger partial charge in [0.2, 0.25) is 0 Å². The number of halogens is 4. The lowest BCUT2D eigenvalue weighted by atomic mass is 10.3. The first-order valence-electron chi connectivity index (χ1n) is 4.97. The van der Waals surface area contributed by atoms with Crippen LogP contribution in [0.1, 0.15) is 15.4 Å². The van der Waals surface area contributed by atoms with Gasteiger partial charge in [-0.1, -0.05) is 22.9 Å². The summed E-state index contributed by atoms with van der Waals surface area (Å²) in [5.74, 6) is -1.53. The summed E-state index contributed by atoms with van der Waals surface area (Å²) in [5.41, 5.74) is -1.44. The number of aromatic carboxylic acids is 1. The van der Waals surface area contributed by atoms with E-state index < -0.39 is 22.7 Å². The number of nitrogens with one attached hydrogen (secondary N) is 1. The normalized spacial score (nSPS) is 11.4. The molecule has 106 valence electrons. The molecular weight excluding hydrogens is 319 g/mol. The number of carboxylic acids is 1. The van der Waals surface area contributed by atoms with E-state index in [9.17, 15) is 18.0 Å². The maximum Gasteiger partial charge on any atom is 0.435 e. The number of carboxylic acid groups (broad SMARTS) is 1. The molecule has 0 aliphatic rings. The Bertz CT molecular complexity index is 659. The van der Waals surface area contributed by atoms with Gasteiger partial charge in [-0.3, -0.25) is 0 Å². The third-order valence-electron chi connectivity index (χ3n) is 2.05. The van der Waals surface area contributed by atoms with Crippen molar-refractivity contribution in [2.75, 3.05) is 5.32 Å². The Hall–Kier alpha value is -1.87. The molecule has 10 heteroatoms. The van der Waals surface area contributed by atoms with E-state index in [2.05, 4.69) is 15.3 Å². The van der Waals surface area contributed by atoms with E-state index >= 15 is 0 Å². The van der Waals surface area contributed by atoms with Crippen LogP contribution in [0.15, 0.2) is 18.3 Å². The highest BCUT2D eigenvalue weighted by atomic mass is 35.5. The fraction of sp³-hybridized carbons (Fsp3) is 0.100. The van der Waals surface area contributed by atoms with Crippen LogP contribution < -0.4 is 5.32 Å². The Morgan fingerprint density at radius 2 is 2.15 bits per heavy atom. The van der Waals surface area contributed by atoms with E-state index in [1.54, 1.807) is 0 Å². The maximum atomic E-state index is 12.6. The molecule has 0 saturated carbocycles. The summed E-state index contributed by atoms with van der Waals surface area (Å²) in [4.78, 5) is 17.0. The Kier molecular flexibility index (Phi) is 3.82. The molecule has 0 radical (unpaired) electrons. The number of anilines is 2. The van der Waals surface area contributed by atoms with Gasteiger partial charge in [0, 0.05) is 11.2 Å². The topological polar surface area (TPSA) is 75.1 Å². The molecule has 0 fully saturated rings. The second-order valence-corrected chi connectivity index (χ2v) is 4.92. The van der Waals surface area contributed by atoms with Crippen molar-refractivity contribution in [2.24, 2.45) is 0 Å². The van der Waals surface area contributed by atoms with Crippen molar-refractivity contribution in [3.05, 3.63) is 33.9 Å². The van der Waals surface area contributed by atoms with Crippen LogP contribution in [0.25, 0.3) is 0 Å². The summed E-state index contributed by atoms with van der Waals surface area (Å²) >= 11 is 6.07. The molecule has 2 heterocycles. The molecule has 0 aromatic carbocycles. The second kappa shape index (κ2) is 5.25. The largest absolute Gasteiger partial charge is 0.477 e. The molecular formula is C10H5ClF3N3O2S. The van der Waals surface area contributed by atoms with Gasteiger partial charge in [-0.2, -0.15) is 13.2 Å². The fourth-order valence-electron chi connectivity index (χ4n) is 1.29. The van der Waals surface area contributed by atoms with Crippen molar-refractivity contribution in [1.29, 1.82) is 0 Å². The third kappa shape index (κ3) is 3.17. The van der Waals surface area contributed by atoms with E-state index in [4.69, 9.17) is 16.7 Å². The first-order valence-corrected chi connectivity index (χ1v) is 6.16. The molecule has 2 rings (SSSR count). The molecule has 0 aliphatic carbocycles. The van der Waals surface area contributed by atoms with Crippen LogP contribution in [0.3, 0.4) is 0 Å². The minimum Gasteiger partial charge on any atom is -0.477 e. The van der Waals surface area contributed by atoms with Gasteiger partial charge < -0.3 is 10.4 Å². The van der Waals surface area contributed by atoms with E-state index in [-0.39, 0.29) is 10.9 Å². The Labute approximate surface area is 119 Å². The quantitative estimate of drug-likeness (QED) is 0.901. The smallest absolute Gasteiger partial charge is 0.435 e. The number of thiazole rings is 1. The van der Waals surface area contributed by atoms with Gasteiger partial charge in [0.05, 0.1) is 0 Å². The number of hydrogen-bond donors (Lipinski definition) is 2. The van der Waals surface area contributed by atoms with E-state index in [0.717, 1.165) is 0 Å². The maximum absolute atomic E-state index is 12.6. The fourth-order valence-corrected chi connectivity index (χ4v) is 2.28. The zero-order chi connectivity index (χ0) is 14.9. The lowest BCUT2D eigenvalue weighted by molar-refractivity contribution is -0.141. The first-order chi connectivity index (χ1) is 9.27. The van der Waals surface area contributed by atoms with Crippen LogP contribution in [-0.4, -0.2) is 21.0 Å². The molecule has 2 aromatic heterocycles. The highest BCUT2D eigenvalue weighted by molar-refractivity contribution is 7.17. The van der Waals surface area contributed by atoms with Gasteiger partial charge in [0.1, 0.15) is 10.7 Å². The second-order valence-electron chi connectivity index (χ2n) is 3.48. The number of pyridine rings is 1. The molecule has 2 aromatic rings. The molecule has 2 N–H and O–H groups in total. The highest BCUT2D eigenvalue weighted by Gasteiger charge is 2.39. The predicted molar refractivity (Wildman–Crippen MR) is 66.6 cm³/mol. The van der Waals surface area contributed by atoms with Crippen LogP contribution in [0.4, 0.5) is 24.1 Å². The monoisotopic (exact) mass is 323 g/mol. The minimum absolute atomic E-state index is 0.164. The van der Waals surface area contributed by atoms with Crippen LogP contribution in [0.5, 0.6) is 0 Å². The molecule has 0 bridgehead atoms. The molecule has 0 aliphatic heterocycles. The summed E-state index contributed by atoms with van der Waals surface area (Å²) in [6.07, 6.45) is -3.49. The lowest BCUT2D eigenvalue weighted by Gasteiger charge is -2.03. The average Bonchev–Trinajstić information content (AvgIpc) is 2.73. The molecule has 20 heavy (non-hydrogen) atoms. The predicted octanol–water partition coefficient (Wildman–Crippen LogP) is 3.65. The number of alkyl halides is 3. The summed E-state index contributed by atoms with van der Waals surface area (Å²) < 4.78 is 37.9. The Morgan fingerprint density at radius 3 is 2.65 bits per heavy atom. The van der Waals surface area contributed by atoms with Gasteiger partial charge in [-0.05, 0) is 12.1 Å². The van der Waals surface area contributed by atoms with Crippen molar-refractivity contribution in [1.82, 2.24) is 9.97 Å². The summed E-state index contributed by atoms with van der Waals surface area (Å²) in [6.45, 7) is 0. The standard InChI is InChI=1S/C10H5ClF3N3O2S/c11-4-1-2-15-5(3-4)16-9-17-7(10(12,13)14)6(20-9)8(18)19/h1-3H,(H,18,19)(H,15,16,17). The number of nitrogens with zero attached hydrogens (tertiary/aromatic N) is 2. The Balaban J connectivity index is 2.37. The van der Waals surface area contributed by atoms with Crippen molar-refractivity contribution < 1.29 is 23.1 Å². The van der Waals surface area contributed by atoms with Crippen molar-refractivity contribution in [2.45, 2.75) is 6.18 Å². The first kappa shape index (κ1) is 14.5. The molecule has 0 unspecified atom stereocenters. The van der Waals surface area contributed by atoms with E-state index in [0.29, 0.717) is 16.4 Å². The van der Waals surface area contributed by atoms with Gasteiger partial charge in [-0.15, -0.1) is 0 Å². The number of carbonyl (C=O) groups is 1. The molecule has 0 spiro atoms. The minimum atomic E-state index is -4.84. The van der Waals surface area contributed by atoms with Crippen LogP contribution >= 0.6 is 22.9 Å². The number of aromatic nitrogens is 2. The van der Waals surface area contributed by atoms with Crippen molar-refractivity contribution in [3.8, 4) is 0 Å². The van der Waals surface area contributed by atoms with Gasteiger partial charge in [-0.25, -0.2) is 14.8 Å². The zero-order valence-electron chi connectivity index (χ0n) is 9.40. The Morgan fingerprint density at radius 1 is 1.45 bits per heavy atom. The average molecular weight is 324 g/mol. The zero-order valence-corrected chi connectivity index (χ0v) is 11.0.